The van der Waals surface area contributed by atoms with Crippen LogP contribution in [0.5, 0.6) is 0 Å². The minimum atomic E-state index is -1.18. The van der Waals surface area contributed by atoms with Gasteiger partial charge >= 0.3 is 0 Å². The Hall–Kier alpha value is -1.12. The van der Waals surface area contributed by atoms with Gasteiger partial charge in [-0.1, -0.05) is 72.9 Å². The zero-order valence-corrected chi connectivity index (χ0v) is 14.8. The second-order valence-corrected chi connectivity index (χ2v) is 12.6. The molecule has 0 radical (unpaired) electrons. The first-order valence-electron chi connectivity index (χ1n) is 8.15. The van der Waals surface area contributed by atoms with Gasteiger partial charge in [0, 0.05) is 25.0 Å². The van der Waals surface area contributed by atoms with E-state index in [0.29, 0.717) is 12.0 Å². The highest BCUT2D eigenvalue weighted by molar-refractivity contribution is 6.83. The van der Waals surface area contributed by atoms with Gasteiger partial charge in [0.15, 0.2) is 0 Å². The molecule has 0 saturated carbocycles. The highest BCUT2D eigenvalue weighted by atomic mass is 28.3. The Morgan fingerprint density at radius 3 is 2.52 bits per heavy atom. The second kappa shape index (κ2) is 5.58. The SMILES string of the molecule is C[C@@H](c1ccccc1)N1CC2=C([Si](C)(C)C)CC=CC2C1. The molecule has 2 atom stereocenters. The molecule has 112 valence electrons. The third kappa shape index (κ3) is 2.92. The average Bonchev–Trinajstić information content (AvgIpc) is 2.90. The predicted octanol–water partition coefficient (Wildman–Crippen LogP) is 4.81. The molecule has 1 aliphatic carbocycles. The Bertz CT molecular complexity index is 565. The largest absolute Gasteiger partial charge is 0.292 e. The monoisotopic (exact) mass is 297 g/mol. The van der Waals surface area contributed by atoms with Gasteiger partial charge in [-0.2, -0.15) is 0 Å². The van der Waals surface area contributed by atoms with Gasteiger partial charge in [-0.05, 0) is 18.9 Å². The third-order valence-electron chi connectivity index (χ3n) is 5.07. The third-order valence-corrected chi connectivity index (χ3v) is 7.40. The summed E-state index contributed by atoms with van der Waals surface area (Å²) < 4.78 is 0. The van der Waals surface area contributed by atoms with Crippen LogP contribution in [0.4, 0.5) is 0 Å². The zero-order valence-electron chi connectivity index (χ0n) is 13.8. The molecule has 1 unspecified atom stereocenters. The lowest BCUT2D eigenvalue weighted by atomic mass is 9.96. The van der Waals surface area contributed by atoms with Gasteiger partial charge in [-0.15, -0.1) is 0 Å². The van der Waals surface area contributed by atoms with Crippen molar-refractivity contribution in [3.8, 4) is 0 Å². The van der Waals surface area contributed by atoms with E-state index < -0.39 is 8.07 Å². The van der Waals surface area contributed by atoms with Crippen LogP contribution in [-0.4, -0.2) is 26.1 Å². The molecule has 1 aromatic carbocycles. The van der Waals surface area contributed by atoms with E-state index in [9.17, 15) is 0 Å². The first kappa shape index (κ1) is 14.8. The van der Waals surface area contributed by atoms with Gasteiger partial charge in [0.1, 0.15) is 0 Å². The minimum absolute atomic E-state index is 0.514. The smallest absolute Gasteiger partial charge is 0.0728 e. The van der Waals surface area contributed by atoms with Crippen molar-refractivity contribution in [2.75, 3.05) is 13.1 Å². The van der Waals surface area contributed by atoms with Crippen molar-refractivity contribution in [1.29, 1.82) is 0 Å². The van der Waals surface area contributed by atoms with Gasteiger partial charge in [0.25, 0.3) is 0 Å². The van der Waals surface area contributed by atoms with E-state index in [-0.39, 0.29) is 0 Å². The predicted molar refractivity (Wildman–Crippen MR) is 94.0 cm³/mol. The number of fused-ring (bicyclic) bond motifs is 1. The molecule has 1 saturated heterocycles. The standard InChI is InChI=1S/C19H27NSi/c1-15(16-9-6-5-7-10-16)20-13-17-11-8-12-19(18(17)14-20)21(2,3)4/h5-11,15,17H,12-14H2,1-4H3/t15-,17?/m0/s1. The summed E-state index contributed by atoms with van der Waals surface area (Å²) in [7, 11) is -1.18. The van der Waals surface area contributed by atoms with Crippen LogP contribution >= 0.6 is 0 Å². The maximum Gasteiger partial charge on any atom is 0.0728 e. The van der Waals surface area contributed by atoms with Crippen LogP contribution < -0.4 is 0 Å². The lowest BCUT2D eigenvalue weighted by Crippen LogP contribution is -2.28. The summed E-state index contributed by atoms with van der Waals surface area (Å²) in [6, 6.07) is 11.4. The number of hydrogen-bond donors (Lipinski definition) is 0. The van der Waals surface area contributed by atoms with Crippen molar-refractivity contribution in [3.05, 3.63) is 58.8 Å². The fraction of sp³-hybridized carbons (Fsp3) is 0.474. The molecule has 0 N–H and O–H groups in total. The molecule has 2 heteroatoms. The molecule has 0 bridgehead atoms. The molecule has 1 heterocycles. The van der Waals surface area contributed by atoms with Crippen molar-refractivity contribution < 1.29 is 0 Å². The van der Waals surface area contributed by atoms with E-state index in [4.69, 9.17) is 0 Å². The molecule has 2 aliphatic rings. The molecule has 0 amide bonds. The Labute approximate surface area is 130 Å². The lowest BCUT2D eigenvalue weighted by molar-refractivity contribution is 0.260. The van der Waals surface area contributed by atoms with E-state index in [2.05, 4.69) is 73.9 Å². The molecule has 21 heavy (non-hydrogen) atoms. The van der Waals surface area contributed by atoms with Crippen molar-refractivity contribution in [2.24, 2.45) is 5.92 Å². The number of nitrogens with zero attached hydrogens (tertiary/aromatic N) is 1. The maximum absolute atomic E-state index is 2.66. The molecule has 0 spiro atoms. The molecule has 1 fully saturated rings. The lowest BCUT2D eigenvalue weighted by Gasteiger charge is -2.27. The van der Waals surface area contributed by atoms with E-state index >= 15 is 0 Å². The summed E-state index contributed by atoms with van der Waals surface area (Å²) in [5.74, 6) is 0.673. The molecule has 1 aliphatic heterocycles. The van der Waals surface area contributed by atoms with Crippen LogP contribution in [0.3, 0.4) is 0 Å². The van der Waals surface area contributed by atoms with Crippen LogP contribution in [-0.2, 0) is 0 Å². The number of rotatable bonds is 3. The van der Waals surface area contributed by atoms with Crippen molar-refractivity contribution >= 4 is 8.07 Å². The summed E-state index contributed by atoms with van der Waals surface area (Å²) in [5, 5.41) is 1.80. The number of benzene rings is 1. The second-order valence-electron chi connectivity index (χ2n) is 7.51. The molecule has 1 nitrogen and oxygen atoms in total. The highest BCUT2D eigenvalue weighted by Gasteiger charge is 2.35. The molecular formula is C19H27NSi. The van der Waals surface area contributed by atoms with Gasteiger partial charge in [-0.25, -0.2) is 0 Å². The summed E-state index contributed by atoms with van der Waals surface area (Å²) >= 11 is 0. The Morgan fingerprint density at radius 2 is 1.86 bits per heavy atom. The molecule has 1 aromatic rings. The fourth-order valence-electron chi connectivity index (χ4n) is 3.77. The van der Waals surface area contributed by atoms with Crippen molar-refractivity contribution in [2.45, 2.75) is 39.0 Å². The Morgan fingerprint density at radius 1 is 1.14 bits per heavy atom. The fourth-order valence-corrected chi connectivity index (χ4v) is 5.72. The van der Waals surface area contributed by atoms with Gasteiger partial charge in [-0.3, -0.25) is 4.90 Å². The highest BCUT2D eigenvalue weighted by Crippen LogP contribution is 2.38. The molecular weight excluding hydrogens is 270 g/mol. The maximum atomic E-state index is 2.66. The number of likely N-dealkylation sites (tertiary alicyclic amines) is 1. The van der Waals surface area contributed by atoms with Crippen LogP contribution in [0, 0.1) is 5.92 Å². The summed E-state index contributed by atoms with van der Waals surface area (Å²) in [6.07, 6.45) is 6.07. The van der Waals surface area contributed by atoms with Crippen LogP contribution in [0.25, 0.3) is 0 Å². The summed E-state index contributed by atoms with van der Waals surface area (Å²) in [6.45, 7) is 12.2. The Balaban J connectivity index is 1.85. The van der Waals surface area contributed by atoms with Crippen LogP contribution in [0.1, 0.15) is 24.9 Å². The number of allylic oxidation sites excluding steroid dienone is 2. The van der Waals surface area contributed by atoms with E-state index in [0.717, 1.165) is 0 Å². The molecule has 0 aromatic heterocycles. The normalized spacial score (nSPS) is 24.3. The number of hydrogen-bond acceptors (Lipinski definition) is 1. The molecule has 3 rings (SSSR count). The topological polar surface area (TPSA) is 3.24 Å². The van der Waals surface area contributed by atoms with Gasteiger partial charge in [0.2, 0.25) is 0 Å². The zero-order chi connectivity index (χ0) is 15.0. The van der Waals surface area contributed by atoms with E-state index in [1.807, 2.05) is 0 Å². The van der Waals surface area contributed by atoms with Crippen molar-refractivity contribution in [3.63, 3.8) is 0 Å². The van der Waals surface area contributed by atoms with Crippen molar-refractivity contribution in [1.82, 2.24) is 4.90 Å². The average molecular weight is 298 g/mol. The summed E-state index contributed by atoms with van der Waals surface area (Å²) in [4.78, 5) is 2.66. The van der Waals surface area contributed by atoms with E-state index in [1.165, 1.54) is 25.1 Å². The first-order valence-corrected chi connectivity index (χ1v) is 11.6. The van der Waals surface area contributed by atoms with Gasteiger partial charge in [0.05, 0.1) is 8.07 Å². The quantitative estimate of drug-likeness (QED) is 0.571. The Kier molecular flexibility index (Phi) is 3.93. The van der Waals surface area contributed by atoms with E-state index in [1.54, 1.807) is 10.8 Å². The summed E-state index contributed by atoms with van der Waals surface area (Å²) in [5.41, 5.74) is 3.19. The van der Waals surface area contributed by atoms with Gasteiger partial charge < -0.3 is 0 Å². The van der Waals surface area contributed by atoms with Crippen LogP contribution in [0.2, 0.25) is 19.6 Å². The minimum Gasteiger partial charge on any atom is -0.292 e. The first-order chi connectivity index (χ1) is 9.97. The van der Waals surface area contributed by atoms with Crippen LogP contribution in [0.15, 0.2) is 53.3 Å².